The molecule has 5 fully saturated rings. The van der Waals surface area contributed by atoms with E-state index in [1.807, 2.05) is 0 Å². The van der Waals surface area contributed by atoms with Crippen molar-refractivity contribution in [2.45, 2.75) is 57.3 Å². The second kappa shape index (κ2) is 7.57. The van der Waals surface area contributed by atoms with Crippen molar-refractivity contribution in [2.75, 3.05) is 39.3 Å². The molecule has 5 aliphatic rings. The number of esters is 1. The number of rotatable bonds is 4. The molecule has 2 saturated carbocycles. The Labute approximate surface area is 186 Å². The van der Waals surface area contributed by atoms with Gasteiger partial charge in [-0.25, -0.2) is 0 Å². The van der Waals surface area contributed by atoms with Crippen LogP contribution in [0.1, 0.15) is 44.6 Å². The second-order valence-electron chi connectivity index (χ2n) is 11.2. The summed E-state index contributed by atoms with van der Waals surface area (Å²) < 4.78 is 12.1. The fourth-order valence-corrected chi connectivity index (χ4v) is 7.42. The van der Waals surface area contributed by atoms with Gasteiger partial charge in [-0.05, 0) is 49.0 Å². The molecule has 31 heavy (non-hydrogen) atoms. The van der Waals surface area contributed by atoms with Crippen molar-refractivity contribution in [3.63, 3.8) is 0 Å². The predicted molar refractivity (Wildman–Crippen MR) is 118 cm³/mol. The number of carbonyl (C=O) groups is 1. The molecule has 6 atom stereocenters. The first kappa shape index (κ1) is 20.2. The summed E-state index contributed by atoms with van der Waals surface area (Å²) in [4.78, 5) is 18.0. The molecule has 5 heteroatoms. The highest BCUT2D eigenvalue weighted by Gasteiger charge is 2.65. The van der Waals surface area contributed by atoms with E-state index in [1.165, 1.54) is 24.8 Å². The summed E-state index contributed by atoms with van der Waals surface area (Å²) in [5.41, 5.74) is 1.80. The van der Waals surface area contributed by atoms with E-state index in [0.29, 0.717) is 11.8 Å². The van der Waals surface area contributed by atoms with Crippen LogP contribution < -0.4 is 0 Å². The standard InChI is InChI=1S/C26H36N2O3/c1-25-8-5-9-26(18-30-26)23(25)14-20-21(24(29)31-22(20)15-25)17-28-12-10-27(11-13-28)16-19-6-3-2-4-7-19/h2-4,6-7,20-23H,5,8-18H2,1H3/t20-,21-,22-,23-,25-,26-/m1/s1. The van der Waals surface area contributed by atoms with Gasteiger partial charge in [0.25, 0.3) is 0 Å². The van der Waals surface area contributed by atoms with Gasteiger partial charge in [0.2, 0.25) is 0 Å². The van der Waals surface area contributed by atoms with Crippen LogP contribution in [0.15, 0.2) is 30.3 Å². The fraction of sp³-hybridized carbons (Fsp3) is 0.731. The van der Waals surface area contributed by atoms with Crippen molar-refractivity contribution in [3.8, 4) is 0 Å². The molecule has 3 aliphatic heterocycles. The highest BCUT2D eigenvalue weighted by atomic mass is 16.6. The molecule has 0 amide bonds. The number of fused-ring (bicyclic) bond motifs is 3. The van der Waals surface area contributed by atoms with Crippen molar-refractivity contribution in [2.24, 2.45) is 23.2 Å². The van der Waals surface area contributed by atoms with E-state index in [9.17, 15) is 4.79 Å². The van der Waals surface area contributed by atoms with Gasteiger partial charge >= 0.3 is 5.97 Å². The summed E-state index contributed by atoms with van der Waals surface area (Å²) in [6.07, 6.45) is 6.03. The second-order valence-corrected chi connectivity index (χ2v) is 11.2. The smallest absolute Gasteiger partial charge is 0.310 e. The minimum absolute atomic E-state index is 0.0490. The number of hydrogen-bond donors (Lipinski definition) is 0. The van der Waals surface area contributed by atoms with Crippen molar-refractivity contribution in [3.05, 3.63) is 35.9 Å². The van der Waals surface area contributed by atoms with E-state index in [-0.39, 0.29) is 29.0 Å². The number of nitrogens with zero attached hydrogens (tertiary/aromatic N) is 2. The molecule has 0 unspecified atom stereocenters. The van der Waals surface area contributed by atoms with E-state index >= 15 is 0 Å². The molecule has 0 N–H and O–H groups in total. The summed E-state index contributed by atoms with van der Waals surface area (Å²) in [5, 5.41) is 0. The quantitative estimate of drug-likeness (QED) is 0.548. The van der Waals surface area contributed by atoms with Crippen LogP contribution in [0.5, 0.6) is 0 Å². The van der Waals surface area contributed by atoms with Crippen molar-refractivity contribution < 1.29 is 14.3 Å². The molecule has 6 rings (SSSR count). The van der Waals surface area contributed by atoms with Gasteiger partial charge in [0.15, 0.2) is 0 Å². The Balaban J connectivity index is 1.08. The van der Waals surface area contributed by atoms with Crippen LogP contribution in [0.3, 0.4) is 0 Å². The van der Waals surface area contributed by atoms with Crippen LogP contribution in [0, 0.1) is 23.2 Å². The maximum Gasteiger partial charge on any atom is 0.310 e. The lowest BCUT2D eigenvalue weighted by molar-refractivity contribution is -0.147. The maximum absolute atomic E-state index is 12.9. The minimum Gasteiger partial charge on any atom is -0.462 e. The van der Waals surface area contributed by atoms with Crippen LogP contribution in [0.4, 0.5) is 0 Å². The molecule has 0 bridgehead atoms. The molecule has 0 aromatic heterocycles. The molecule has 5 nitrogen and oxygen atoms in total. The van der Waals surface area contributed by atoms with Gasteiger partial charge in [0.1, 0.15) is 6.10 Å². The first-order valence-corrected chi connectivity index (χ1v) is 12.4. The third-order valence-electron chi connectivity index (χ3n) is 9.25. The Kier molecular flexibility index (Phi) is 4.93. The summed E-state index contributed by atoms with van der Waals surface area (Å²) >= 11 is 0. The van der Waals surface area contributed by atoms with Gasteiger partial charge in [-0.1, -0.05) is 37.3 Å². The zero-order valence-corrected chi connectivity index (χ0v) is 18.8. The number of ether oxygens (including phenoxy) is 2. The Bertz CT molecular complexity index is 817. The number of hydrogen-bond acceptors (Lipinski definition) is 5. The molecule has 3 heterocycles. The van der Waals surface area contributed by atoms with E-state index in [4.69, 9.17) is 9.47 Å². The van der Waals surface area contributed by atoms with Crippen LogP contribution in [0.25, 0.3) is 0 Å². The van der Waals surface area contributed by atoms with Crippen molar-refractivity contribution in [1.29, 1.82) is 0 Å². The third-order valence-corrected chi connectivity index (χ3v) is 9.25. The third kappa shape index (κ3) is 3.63. The highest BCUT2D eigenvalue weighted by Crippen LogP contribution is 2.62. The number of benzene rings is 1. The Morgan fingerprint density at radius 3 is 2.55 bits per heavy atom. The van der Waals surface area contributed by atoms with Gasteiger partial charge in [0.05, 0.1) is 18.1 Å². The molecular weight excluding hydrogens is 388 g/mol. The van der Waals surface area contributed by atoms with E-state index < -0.39 is 0 Å². The lowest BCUT2D eigenvalue weighted by atomic mass is 9.53. The fourth-order valence-electron chi connectivity index (χ4n) is 7.42. The molecule has 168 valence electrons. The zero-order chi connectivity index (χ0) is 21.1. The summed E-state index contributed by atoms with van der Waals surface area (Å²) in [5.74, 6) is 1.10. The SMILES string of the molecule is C[C@]12CCC[C@@]3(CO3)[C@@H]1C[C@H]1[C@@H](C2)OC(=O)[C@@H]1CN1CCN(Cc2ccccc2)CC1. The van der Waals surface area contributed by atoms with Crippen LogP contribution in [-0.2, 0) is 20.8 Å². The first-order valence-electron chi connectivity index (χ1n) is 12.4. The molecule has 3 saturated heterocycles. The lowest BCUT2D eigenvalue weighted by Gasteiger charge is -2.51. The van der Waals surface area contributed by atoms with Crippen LogP contribution in [0.2, 0.25) is 0 Å². The number of carbonyl (C=O) groups excluding carboxylic acids is 1. The molecule has 1 aromatic rings. The molecule has 1 aromatic carbocycles. The van der Waals surface area contributed by atoms with Gasteiger partial charge in [-0.2, -0.15) is 0 Å². The van der Waals surface area contributed by atoms with Crippen LogP contribution in [-0.4, -0.2) is 66.8 Å². The Morgan fingerprint density at radius 2 is 1.81 bits per heavy atom. The van der Waals surface area contributed by atoms with E-state index in [2.05, 4.69) is 47.1 Å². The summed E-state index contributed by atoms with van der Waals surface area (Å²) in [6, 6.07) is 10.7. The Morgan fingerprint density at radius 1 is 1.06 bits per heavy atom. The van der Waals surface area contributed by atoms with Gasteiger partial charge in [-0.15, -0.1) is 0 Å². The van der Waals surface area contributed by atoms with Crippen molar-refractivity contribution in [1.82, 2.24) is 9.80 Å². The normalized spacial score (nSPS) is 42.8. The number of epoxide rings is 1. The topological polar surface area (TPSA) is 45.3 Å². The van der Waals surface area contributed by atoms with Gasteiger partial charge in [0, 0.05) is 45.2 Å². The number of piperazine rings is 1. The average Bonchev–Trinajstić information content (AvgIpc) is 3.47. The maximum atomic E-state index is 12.9. The zero-order valence-electron chi connectivity index (χ0n) is 18.8. The van der Waals surface area contributed by atoms with Crippen molar-refractivity contribution >= 4 is 5.97 Å². The van der Waals surface area contributed by atoms with E-state index in [1.54, 1.807) is 0 Å². The summed E-state index contributed by atoms with van der Waals surface area (Å²) in [7, 11) is 0. The summed E-state index contributed by atoms with van der Waals surface area (Å²) in [6.45, 7) is 9.50. The minimum atomic E-state index is 0.0490. The molecular formula is C26H36N2O3. The highest BCUT2D eigenvalue weighted by molar-refractivity contribution is 5.75. The molecule has 2 aliphatic carbocycles. The van der Waals surface area contributed by atoms with Gasteiger partial charge < -0.3 is 9.47 Å². The van der Waals surface area contributed by atoms with E-state index in [0.717, 1.165) is 58.7 Å². The monoisotopic (exact) mass is 424 g/mol. The first-order chi connectivity index (χ1) is 15.0. The Hall–Kier alpha value is -1.43. The van der Waals surface area contributed by atoms with Gasteiger partial charge in [-0.3, -0.25) is 14.6 Å². The lowest BCUT2D eigenvalue weighted by Crippen LogP contribution is -2.52. The molecule has 1 spiro atoms. The average molecular weight is 425 g/mol. The largest absolute Gasteiger partial charge is 0.462 e. The molecule has 0 radical (unpaired) electrons. The predicted octanol–water partition coefficient (Wildman–Crippen LogP) is 3.33. The van der Waals surface area contributed by atoms with Crippen LogP contribution >= 0.6 is 0 Å².